The Morgan fingerprint density at radius 1 is 1.05 bits per heavy atom. The Labute approximate surface area is 112 Å². The van der Waals surface area contributed by atoms with E-state index in [1.807, 2.05) is 12.1 Å². The SMILES string of the molecule is O=[N+]([O-])c1ccc2c(c1)[nH]c1ccc3nccnc3c12. The van der Waals surface area contributed by atoms with Crippen molar-refractivity contribution >= 4 is 38.5 Å². The molecule has 0 saturated carbocycles. The summed E-state index contributed by atoms with van der Waals surface area (Å²) in [6, 6.07) is 8.59. The van der Waals surface area contributed by atoms with Gasteiger partial charge in [0.05, 0.1) is 21.5 Å². The largest absolute Gasteiger partial charge is 0.354 e. The summed E-state index contributed by atoms with van der Waals surface area (Å²) in [5, 5.41) is 12.7. The predicted molar refractivity (Wildman–Crippen MR) is 75.6 cm³/mol. The first-order valence-electron chi connectivity index (χ1n) is 6.03. The first-order valence-corrected chi connectivity index (χ1v) is 6.03. The summed E-state index contributed by atoms with van der Waals surface area (Å²) in [5.41, 5.74) is 3.30. The number of nitrogens with zero attached hydrogens (tertiary/aromatic N) is 3. The highest BCUT2D eigenvalue weighted by Gasteiger charge is 2.13. The number of hydrogen-bond donors (Lipinski definition) is 1. The fourth-order valence-corrected chi connectivity index (χ4v) is 2.53. The topological polar surface area (TPSA) is 84.7 Å². The van der Waals surface area contributed by atoms with Crippen molar-refractivity contribution in [1.82, 2.24) is 15.0 Å². The van der Waals surface area contributed by atoms with Gasteiger partial charge in [-0.3, -0.25) is 20.1 Å². The van der Waals surface area contributed by atoms with Crippen LogP contribution in [0.1, 0.15) is 0 Å². The van der Waals surface area contributed by atoms with Gasteiger partial charge in [-0.1, -0.05) is 0 Å². The molecule has 0 spiro atoms. The van der Waals surface area contributed by atoms with E-state index in [1.54, 1.807) is 18.5 Å². The number of nitro groups is 1. The van der Waals surface area contributed by atoms with Gasteiger partial charge in [-0.15, -0.1) is 0 Å². The zero-order valence-electron chi connectivity index (χ0n) is 10.2. The lowest BCUT2D eigenvalue weighted by Gasteiger charge is -1.97. The molecule has 0 atom stereocenters. The zero-order chi connectivity index (χ0) is 13.7. The second kappa shape index (κ2) is 3.74. The molecule has 0 aliphatic rings. The van der Waals surface area contributed by atoms with Crippen LogP contribution in [-0.4, -0.2) is 19.9 Å². The maximum absolute atomic E-state index is 10.8. The maximum atomic E-state index is 10.8. The third-order valence-electron chi connectivity index (χ3n) is 3.39. The average Bonchev–Trinajstić information content (AvgIpc) is 2.85. The highest BCUT2D eigenvalue weighted by atomic mass is 16.6. The number of aromatic nitrogens is 3. The van der Waals surface area contributed by atoms with E-state index in [0.29, 0.717) is 0 Å². The zero-order valence-corrected chi connectivity index (χ0v) is 10.2. The van der Waals surface area contributed by atoms with Crippen LogP contribution < -0.4 is 0 Å². The van der Waals surface area contributed by atoms with E-state index in [9.17, 15) is 10.1 Å². The number of nitro benzene ring substituents is 1. The van der Waals surface area contributed by atoms with E-state index < -0.39 is 4.92 Å². The minimum atomic E-state index is -0.400. The van der Waals surface area contributed by atoms with Crippen molar-refractivity contribution < 1.29 is 4.92 Å². The molecule has 2 aromatic carbocycles. The summed E-state index contributed by atoms with van der Waals surface area (Å²) in [6.07, 6.45) is 3.29. The van der Waals surface area contributed by atoms with Gasteiger partial charge in [0.25, 0.3) is 5.69 Å². The van der Waals surface area contributed by atoms with E-state index in [1.165, 1.54) is 12.1 Å². The normalized spacial score (nSPS) is 11.4. The van der Waals surface area contributed by atoms with Crippen molar-refractivity contribution in [2.75, 3.05) is 0 Å². The summed E-state index contributed by atoms with van der Waals surface area (Å²) < 4.78 is 0. The number of aromatic amines is 1. The Hall–Kier alpha value is -3.02. The molecule has 96 valence electrons. The third-order valence-corrected chi connectivity index (χ3v) is 3.39. The van der Waals surface area contributed by atoms with E-state index in [-0.39, 0.29) is 5.69 Å². The van der Waals surface area contributed by atoms with Gasteiger partial charge in [0, 0.05) is 40.8 Å². The fraction of sp³-hybridized carbons (Fsp3) is 0. The molecule has 6 nitrogen and oxygen atoms in total. The van der Waals surface area contributed by atoms with Crippen LogP contribution in [0.4, 0.5) is 5.69 Å². The highest BCUT2D eigenvalue weighted by Crippen LogP contribution is 2.32. The van der Waals surface area contributed by atoms with Gasteiger partial charge < -0.3 is 4.98 Å². The summed E-state index contributed by atoms with van der Waals surface area (Å²) in [6.45, 7) is 0. The predicted octanol–water partition coefficient (Wildman–Crippen LogP) is 3.17. The highest BCUT2D eigenvalue weighted by molar-refractivity contribution is 6.18. The first kappa shape index (κ1) is 10.9. The Balaban J connectivity index is 2.20. The molecular formula is C14H8N4O2. The smallest absolute Gasteiger partial charge is 0.271 e. The van der Waals surface area contributed by atoms with Crippen molar-refractivity contribution in [2.24, 2.45) is 0 Å². The van der Waals surface area contributed by atoms with Crippen molar-refractivity contribution in [3.8, 4) is 0 Å². The van der Waals surface area contributed by atoms with Crippen LogP contribution in [-0.2, 0) is 0 Å². The van der Waals surface area contributed by atoms with E-state index in [2.05, 4.69) is 15.0 Å². The lowest BCUT2D eigenvalue weighted by Crippen LogP contribution is -1.86. The van der Waals surface area contributed by atoms with Gasteiger partial charge in [0.15, 0.2) is 0 Å². The lowest BCUT2D eigenvalue weighted by atomic mass is 10.1. The molecule has 0 radical (unpaired) electrons. The average molecular weight is 264 g/mol. The van der Waals surface area contributed by atoms with E-state index >= 15 is 0 Å². The second-order valence-electron chi connectivity index (χ2n) is 4.52. The molecule has 0 bridgehead atoms. The van der Waals surface area contributed by atoms with Crippen LogP contribution in [0.15, 0.2) is 42.7 Å². The quantitative estimate of drug-likeness (QED) is 0.422. The Morgan fingerprint density at radius 3 is 2.75 bits per heavy atom. The van der Waals surface area contributed by atoms with Gasteiger partial charge >= 0.3 is 0 Å². The van der Waals surface area contributed by atoms with Crippen LogP contribution >= 0.6 is 0 Å². The van der Waals surface area contributed by atoms with Gasteiger partial charge in [-0.2, -0.15) is 0 Å². The number of H-pyrrole nitrogens is 1. The van der Waals surface area contributed by atoms with Gasteiger partial charge in [-0.25, -0.2) is 0 Å². The molecule has 0 unspecified atom stereocenters. The molecule has 2 heterocycles. The Kier molecular flexibility index (Phi) is 2.03. The number of nitrogens with one attached hydrogen (secondary N) is 1. The van der Waals surface area contributed by atoms with Crippen LogP contribution in [0.25, 0.3) is 32.8 Å². The molecule has 0 aliphatic carbocycles. The molecule has 2 aromatic heterocycles. The molecule has 20 heavy (non-hydrogen) atoms. The molecule has 0 aliphatic heterocycles. The molecule has 0 fully saturated rings. The summed E-state index contributed by atoms with van der Waals surface area (Å²) in [5.74, 6) is 0. The number of non-ortho nitro benzene ring substituents is 1. The molecule has 4 rings (SSSR count). The Bertz CT molecular complexity index is 990. The fourth-order valence-electron chi connectivity index (χ4n) is 2.53. The minimum Gasteiger partial charge on any atom is -0.354 e. The first-order chi connectivity index (χ1) is 9.74. The molecule has 6 heteroatoms. The standard InChI is InChI=1S/C14H8N4O2/c19-18(20)8-1-2-9-12(7-8)17-10-3-4-11-14(13(9)10)16-6-5-15-11/h1-7,17H. The second-order valence-corrected chi connectivity index (χ2v) is 4.52. The number of hydrogen-bond acceptors (Lipinski definition) is 4. The van der Waals surface area contributed by atoms with Crippen LogP contribution in [0.3, 0.4) is 0 Å². The van der Waals surface area contributed by atoms with E-state index in [0.717, 1.165) is 32.8 Å². The molecule has 4 aromatic rings. The maximum Gasteiger partial charge on any atom is 0.271 e. The lowest BCUT2D eigenvalue weighted by molar-refractivity contribution is -0.384. The summed E-state index contributed by atoms with van der Waals surface area (Å²) in [4.78, 5) is 22.3. The van der Waals surface area contributed by atoms with E-state index in [4.69, 9.17) is 0 Å². The van der Waals surface area contributed by atoms with Crippen molar-refractivity contribution in [2.45, 2.75) is 0 Å². The minimum absolute atomic E-state index is 0.0689. The number of rotatable bonds is 1. The van der Waals surface area contributed by atoms with Crippen LogP contribution in [0.2, 0.25) is 0 Å². The van der Waals surface area contributed by atoms with Crippen molar-refractivity contribution in [3.63, 3.8) is 0 Å². The van der Waals surface area contributed by atoms with Gasteiger partial charge in [-0.05, 0) is 18.2 Å². The van der Waals surface area contributed by atoms with Gasteiger partial charge in [0.2, 0.25) is 0 Å². The Morgan fingerprint density at radius 2 is 1.90 bits per heavy atom. The molecule has 1 N–H and O–H groups in total. The van der Waals surface area contributed by atoms with Crippen molar-refractivity contribution in [1.29, 1.82) is 0 Å². The summed E-state index contributed by atoms with van der Waals surface area (Å²) >= 11 is 0. The molecular weight excluding hydrogens is 256 g/mol. The third kappa shape index (κ3) is 1.38. The number of fused-ring (bicyclic) bond motifs is 5. The van der Waals surface area contributed by atoms with Crippen LogP contribution in [0.5, 0.6) is 0 Å². The van der Waals surface area contributed by atoms with Crippen molar-refractivity contribution in [3.05, 3.63) is 52.8 Å². The monoisotopic (exact) mass is 264 g/mol. The van der Waals surface area contributed by atoms with Gasteiger partial charge in [0.1, 0.15) is 0 Å². The molecule has 0 amide bonds. The van der Waals surface area contributed by atoms with Crippen LogP contribution in [0, 0.1) is 10.1 Å². The number of benzene rings is 2. The summed E-state index contributed by atoms with van der Waals surface area (Å²) in [7, 11) is 0. The molecule has 0 saturated heterocycles.